The minimum absolute atomic E-state index is 0.0565. The first-order valence-electron chi connectivity index (χ1n) is 6.44. The molecule has 3 rings (SSSR count). The molecule has 0 fully saturated rings. The smallest absolute Gasteiger partial charge is 0.345 e. The Morgan fingerprint density at radius 2 is 2.33 bits per heavy atom. The van der Waals surface area contributed by atoms with E-state index < -0.39 is 22.8 Å². The van der Waals surface area contributed by atoms with Crippen molar-refractivity contribution in [3.05, 3.63) is 27.8 Å². The molecule has 0 aromatic carbocycles. The SMILES string of the molecule is CCc1cnc2n1CCOc1c-2[nH]c(=O)c(C(=O)O)c1O. The van der Waals surface area contributed by atoms with E-state index in [0.717, 1.165) is 12.1 Å². The molecule has 2 aromatic heterocycles. The molecule has 110 valence electrons. The molecule has 1 aliphatic rings. The van der Waals surface area contributed by atoms with Crippen molar-refractivity contribution >= 4 is 5.97 Å². The molecule has 8 nitrogen and oxygen atoms in total. The number of carbonyl (C=O) groups is 1. The van der Waals surface area contributed by atoms with Gasteiger partial charge in [-0.15, -0.1) is 0 Å². The fourth-order valence-corrected chi connectivity index (χ4v) is 2.45. The summed E-state index contributed by atoms with van der Waals surface area (Å²) < 4.78 is 7.30. The Morgan fingerprint density at radius 1 is 1.57 bits per heavy atom. The number of nitrogens with zero attached hydrogens (tertiary/aromatic N) is 2. The van der Waals surface area contributed by atoms with Crippen LogP contribution in [0.25, 0.3) is 11.5 Å². The topological polar surface area (TPSA) is 117 Å². The summed E-state index contributed by atoms with van der Waals surface area (Å²) in [6.45, 7) is 2.71. The Bertz CT molecular complexity index is 790. The second-order valence-electron chi connectivity index (χ2n) is 4.61. The highest BCUT2D eigenvalue weighted by Crippen LogP contribution is 2.38. The average Bonchev–Trinajstić information content (AvgIpc) is 2.74. The van der Waals surface area contributed by atoms with Crippen LogP contribution >= 0.6 is 0 Å². The summed E-state index contributed by atoms with van der Waals surface area (Å²) in [5.41, 5.74) is -0.467. The van der Waals surface area contributed by atoms with Gasteiger partial charge in [-0.05, 0) is 6.42 Å². The van der Waals surface area contributed by atoms with Gasteiger partial charge in [0.15, 0.2) is 22.9 Å². The minimum atomic E-state index is -1.51. The molecular weight excluding hydrogens is 278 g/mol. The molecule has 21 heavy (non-hydrogen) atoms. The van der Waals surface area contributed by atoms with Gasteiger partial charge in [-0.2, -0.15) is 0 Å². The fraction of sp³-hybridized carbons (Fsp3) is 0.308. The molecule has 8 heteroatoms. The van der Waals surface area contributed by atoms with Gasteiger partial charge in [0.2, 0.25) is 0 Å². The Hall–Kier alpha value is -2.77. The van der Waals surface area contributed by atoms with Crippen molar-refractivity contribution in [2.45, 2.75) is 19.9 Å². The highest BCUT2D eigenvalue weighted by Gasteiger charge is 2.28. The monoisotopic (exact) mass is 291 g/mol. The lowest BCUT2D eigenvalue weighted by Gasteiger charge is -2.09. The zero-order valence-electron chi connectivity index (χ0n) is 11.2. The number of fused-ring (bicyclic) bond motifs is 3. The van der Waals surface area contributed by atoms with Crippen LogP contribution in [0, 0.1) is 0 Å². The third kappa shape index (κ3) is 1.87. The van der Waals surface area contributed by atoms with E-state index in [2.05, 4.69) is 9.97 Å². The maximum absolute atomic E-state index is 11.9. The highest BCUT2D eigenvalue weighted by molar-refractivity contribution is 5.92. The zero-order chi connectivity index (χ0) is 15.1. The predicted octanol–water partition coefficient (Wildman–Crippen LogP) is 0.597. The van der Waals surface area contributed by atoms with Crippen LogP contribution in [0.4, 0.5) is 0 Å². The lowest BCUT2D eigenvalue weighted by atomic mass is 10.2. The highest BCUT2D eigenvalue weighted by atomic mass is 16.5. The second kappa shape index (κ2) is 4.65. The molecule has 0 unspecified atom stereocenters. The van der Waals surface area contributed by atoms with Gasteiger partial charge in [0.25, 0.3) is 5.56 Å². The average molecular weight is 291 g/mol. The van der Waals surface area contributed by atoms with Crippen LogP contribution in [0.5, 0.6) is 11.5 Å². The Balaban J connectivity index is 2.32. The number of carboxylic acids is 1. The number of rotatable bonds is 2. The lowest BCUT2D eigenvalue weighted by molar-refractivity contribution is 0.0690. The Labute approximate surface area is 118 Å². The maximum atomic E-state index is 11.9. The molecule has 0 radical (unpaired) electrons. The molecule has 0 spiro atoms. The molecular formula is C13H13N3O5. The molecule has 0 saturated heterocycles. The zero-order valence-corrected chi connectivity index (χ0v) is 11.2. The van der Waals surface area contributed by atoms with Gasteiger partial charge >= 0.3 is 5.97 Å². The van der Waals surface area contributed by atoms with E-state index in [1.54, 1.807) is 6.20 Å². The number of H-pyrrole nitrogens is 1. The normalized spacial score (nSPS) is 13.0. The molecule has 0 saturated carbocycles. The summed E-state index contributed by atoms with van der Waals surface area (Å²) in [4.78, 5) is 29.6. The van der Waals surface area contributed by atoms with Crippen LogP contribution in [0.3, 0.4) is 0 Å². The molecule has 3 heterocycles. The number of ether oxygens (including phenoxy) is 1. The van der Waals surface area contributed by atoms with E-state index in [1.165, 1.54) is 0 Å². The minimum Gasteiger partial charge on any atom is -0.503 e. The second-order valence-corrected chi connectivity index (χ2v) is 4.61. The van der Waals surface area contributed by atoms with E-state index in [9.17, 15) is 14.7 Å². The van der Waals surface area contributed by atoms with Crippen molar-refractivity contribution in [3.8, 4) is 23.0 Å². The number of hydrogen-bond donors (Lipinski definition) is 3. The maximum Gasteiger partial charge on any atom is 0.345 e. The summed E-state index contributed by atoms with van der Waals surface area (Å²) in [6, 6.07) is 0. The molecule has 0 atom stereocenters. The number of pyridine rings is 1. The van der Waals surface area contributed by atoms with Crippen molar-refractivity contribution in [1.29, 1.82) is 0 Å². The molecule has 2 aromatic rings. The van der Waals surface area contributed by atoms with Gasteiger partial charge < -0.3 is 24.5 Å². The first kappa shape index (κ1) is 13.2. The van der Waals surface area contributed by atoms with Crippen LogP contribution in [0.15, 0.2) is 11.0 Å². The van der Waals surface area contributed by atoms with Gasteiger partial charge in [-0.25, -0.2) is 9.78 Å². The van der Waals surface area contributed by atoms with E-state index in [4.69, 9.17) is 9.84 Å². The number of aromatic hydroxyl groups is 1. The molecule has 1 aliphatic heterocycles. The molecule has 0 amide bonds. The first-order valence-corrected chi connectivity index (χ1v) is 6.44. The van der Waals surface area contributed by atoms with E-state index in [0.29, 0.717) is 12.4 Å². The first-order chi connectivity index (χ1) is 10.0. The van der Waals surface area contributed by atoms with Crippen LogP contribution < -0.4 is 10.3 Å². The van der Waals surface area contributed by atoms with E-state index >= 15 is 0 Å². The van der Waals surface area contributed by atoms with Crippen molar-refractivity contribution < 1.29 is 19.7 Å². The number of hydrogen-bond acceptors (Lipinski definition) is 5. The van der Waals surface area contributed by atoms with E-state index in [1.807, 2.05) is 11.5 Å². The van der Waals surface area contributed by atoms with Crippen LogP contribution in [0.2, 0.25) is 0 Å². The number of carboxylic acid groups (broad SMARTS) is 1. The van der Waals surface area contributed by atoms with Gasteiger partial charge in [0.1, 0.15) is 12.3 Å². The summed E-state index contributed by atoms with van der Waals surface area (Å²) in [5, 5.41) is 19.0. The van der Waals surface area contributed by atoms with Gasteiger partial charge in [-0.3, -0.25) is 4.79 Å². The lowest BCUT2D eigenvalue weighted by Crippen LogP contribution is -2.19. The van der Waals surface area contributed by atoms with Gasteiger partial charge in [-0.1, -0.05) is 6.92 Å². The predicted molar refractivity (Wildman–Crippen MR) is 71.8 cm³/mol. The number of aryl methyl sites for hydroxylation is 1. The van der Waals surface area contributed by atoms with Crippen molar-refractivity contribution in [1.82, 2.24) is 14.5 Å². The standard InChI is InChI=1S/C13H13N3O5/c1-2-6-5-14-11-8-10(21-4-3-16(6)11)9(17)7(13(19)20)12(18)15-8/h5H,2-4H2,1H3,(H,19,20)(H2,15,17,18). The summed E-state index contributed by atoms with van der Waals surface area (Å²) in [6.07, 6.45) is 2.44. The number of aromatic amines is 1. The van der Waals surface area contributed by atoms with Crippen molar-refractivity contribution in [3.63, 3.8) is 0 Å². The third-order valence-corrected chi connectivity index (χ3v) is 3.44. The largest absolute Gasteiger partial charge is 0.503 e. The van der Waals surface area contributed by atoms with Gasteiger partial charge in [0.05, 0.1) is 6.54 Å². The quantitative estimate of drug-likeness (QED) is 0.745. The molecule has 0 aliphatic carbocycles. The summed E-state index contributed by atoms with van der Waals surface area (Å²) in [5.74, 6) is -1.79. The van der Waals surface area contributed by atoms with Crippen LogP contribution in [0.1, 0.15) is 23.0 Å². The number of nitrogens with one attached hydrogen (secondary N) is 1. The molecule has 3 N–H and O–H groups in total. The van der Waals surface area contributed by atoms with Gasteiger partial charge in [0, 0.05) is 11.9 Å². The van der Waals surface area contributed by atoms with Crippen LogP contribution in [-0.2, 0) is 13.0 Å². The Morgan fingerprint density at radius 3 is 3.00 bits per heavy atom. The van der Waals surface area contributed by atoms with E-state index in [-0.39, 0.29) is 18.1 Å². The van der Waals surface area contributed by atoms with Crippen molar-refractivity contribution in [2.75, 3.05) is 6.61 Å². The summed E-state index contributed by atoms with van der Waals surface area (Å²) >= 11 is 0. The summed E-state index contributed by atoms with van der Waals surface area (Å²) in [7, 11) is 0. The Kier molecular flexibility index (Phi) is 2.93. The number of imidazole rings is 1. The third-order valence-electron chi connectivity index (χ3n) is 3.44. The number of aromatic carboxylic acids is 1. The molecule has 0 bridgehead atoms. The van der Waals surface area contributed by atoms with Crippen molar-refractivity contribution in [2.24, 2.45) is 0 Å². The number of aromatic nitrogens is 3. The fourth-order valence-electron chi connectivity index (χ4n) is 2.45. The van der Waals surface area contributed by atoms with Crippen LogP contribution in [-0.4, -0.2) is 37.3 Å².